The van der Waals surface area contributed by atoms with Crippen LogP contribution in [0.3, 0.4) is 0 Å². The molecule has 0 aliphatic carbocycles. The van der Waals surface area contributed by atoms with Crippen LogP contribution in [-0.4, -0.2) is 71.1 Å². The van der Waals surface area contributed by atoms with Crippen molar-refractivity contribution in [3.8, 4) is 0 Å². The van der Waals surface area contributed by atoms with Crippen LogP contribution in [0.1, 0.15) is 46.6 Å². The number of amides is 2. The molecule has 3 heterocycles. The van der Waals surface area contributed by atoms with Gasteiger partial charge in [-0.25, -0.2) is 4.79 Å². The Morgan fingerprint density at radius 1 is 1.20 bits per heavy atom. The van der Waals surface area contributed by atoms with Crippen LogP contribution < -0.4 is 5.46 Å². The van der Waals surface area contributed by atoms with Crippen molar-refractivity contribution in [3.05, 3.63) is 12.4 Å². The van der Waals surface area contributed by atoms with Gasteiger partial charge in [0.2, 0.25) is 0 Å². The number of hydrogen-bond acceptors (Lipinski definition) is 4. The van der Waals surface area contributed by atoms with Gasteiger partial charge >= 0.3 is 13.1 Å². The number of rotatable bonds is 2. The number of urea groups is 1. The summed E-state index contributed by atoms with van der Waals surface area (Å²) in [6.07, 6.45) is 5.67. The zero-order valence-electron chi connectivity index (χ0n) is 16.2. The molecule has 3 rings (SSSR count). The lowest BCUT2D eigenvalue weighted by molar-refractivity contribution is 0.00578. The van der Waals surface area contributed by atoms with Gasteiger partial charge in [-0.15, -0.1) is 0 Å². The summed E-state index contributed by atoms with van der Waals surface area (Å²) in [5.41, 5.74) is 0.250. The minimum atomic E-state index is -0.380. The molecule has 25 heavy (non-hydrogen) atoms. The Balaban J connectivity index is 1.63. The quantitative estimate of drug-likeness (QED) is 0.760. The molecule has 0 aromatic carbocycles. The topological polar surface area (TPSA) is 59.8 Å². The Kier molecular flexibility index (Phi) is 4.62. The van der Waals surface area contributed by atoms with E-state index >= 15 is 0 Å². The van der Waals surface area contributed by atoms with Crippen LogP contribution in [-0.2, 0) is 9.31 Å². The predicted molar refractivity (Wildman–Crippen MR) is 96.9 cm³/mol. The Hall–Kier alpha value is -1.54. The minimum absolute atomic E-state index is 0.0804. The first kappa shape index (κ1) is 18.3. The maximum Gasteiger partial charge on any atom is 0.498 e. The SMILES string of the molecule is CN(C)C(=O)N1CCC(n2cc(B3OC(C)(C)C(C)(C)O3)cn2)CC1. The number of nitrogens with zero attached hydrogens (tertiary/aromatic N) is 4. The Labute approximate surface area is 150 Å². The molecule has 0 radical (unpaired) electrons. The van der Waals surface area contributed by atoms with Gasteiger partial charge in [-0.3, -0.25) is 4.68 Å². The Morgan fingerprint density at radius 3 is 2.28 bits per heavy atom. The van der Waals surface area contributed by atoms with Crippen molar-refractivity contribution >= 4 is 18.6 Å². The van der Waals surface area contributed by atoms with E-state index in [4.69, 9.17) is 9.31 Å². The summed E-state index contributed by atoms with van der Waals surface area (Å²) in [4.78, 5) is 15.6. The first-order valence-corrected chi connectivity index (χ1v) is 8.96. The molecule has 138 valence electrons. The molecule has 0 bridgehead atoms. The van der Waals surface area contributed by atoms with Gasteiger partial charge in [0.25, 0.3) is 0 Å². The van der Waals surface area contributed by atoms with E-state index in [0.29, 0.717) is 6.04 Å². The molecular weight excluding hydrogens is 319 g/mol. The highest BCUT2D eigenvalue weighted by molar-refractivity contribution is 6.62. The Morgan fingerprint density at radius 2 is 1.76 bits per heavy atom. The van der Waals surface area contributed by atoms with Crippen LogP contribution in [0, 0.1) is 0 Å². The second-order valence-electron chi connectivity index (χ2n) is 8.24. The number of piperidine rings is 1. The summed E-state index contributed by atoms with van der Waals surface area (Å²) < 4.78 is 14.2. The smallest absolute Gasteiger partial charge is 0.399 e. The third-order valence-electron chi connectivity index (χ3n) is 5.64. The summed E-state index contributed by atoms with van der Waals surface area (Å²) in [5, 5.41) is 4.53. The van der Waals surface area contributed by atoms with Gasteiger partial charge in [-0.2, -0.15) is 5.10 Å². The highest BCUT2D eigenvalue weighted by Gasteiger charge is 2.52. The molecular formula is C17H29BN4O3. The van der Waals surface area contributed by atoms with E-state index in [1.807, 2.05) is 22.0 Å². The van der Waals surface area contributed by atoms with E-state index < -0.39 is 0 Å². The van der Waals surface area contributed by atoms with Crippen LogP contribution in [0.2, 0.25) is 0 Å². The molecule has 2 aliphatic heterocycles. The molecule has 0 spiro atoms. The van der Waals surface area contributed by atoms with Crippen LogP contribution in [0.15, 0.2) is 12.4 Å². The van der Waals surface area contributed by atoms with Gasteiger partial charge < -0.3 is 19.1 Å². The van der Waals surface area contributed by atoms with Crippen molar-refractivity contribution in [3.63, 3.8) is 0 Å². The van der Waals surface area contributed by atoms with Gasteiger partial charge in [0.15, 0.2) is 0 Å². The lowest BCUT2D eigenvalue weighted by Crippen LogP contribution is -2.44. The normalized spacial score (nSPS) is 23.1. The van der Waals surface area contributed by atoms with Crippen molar-refractivity contribution < 1.29 is 14.1 Å². The average molecular weight is 348 g/mol. The molecule has 0 unspecified atom stereocenters. The van der Waals surface area contributed by atoms with Crippen molar-refractivity contribution in [2.75, 3.05) is 27.2 Å². The van der Waals surface area contributed by atoms with Gasteiger partial charge in [0.1, 0.15) is 0 Å². The van der Waals surface area contributed by atoms with Crippen LogP contribution >= 0.6 is 0 Å². The summed E-state index contributed by atoms with van der Waals surface area (Å²) in [6.45, 7) is 9.72. The zero-order valence-corrected chi connectivity index (χ0v) is 16.2. The maximum absolute atomic E-state index is 12.0. The fraction of sp³-hybridized carbons (Fsp3) is 0.765. The molecule has 2 fully saturated rings. The summed E-state index contributed by atoms with van der Waals surface area (Å²) >= 11 is 0. The molecule has 0 atom stereocenters. The second-order valence-corrected chi connectivity index (χ2v) is 8.24. The number of carbonyl (C=O) groups is 1. The van der Waals surface area contributed by atoms with Gasteiger partial charge in [0.05, 0.1) is 17.2 Å². The van der Waals surface area contributed by atoms with Crippen molar-refractivity contribution in [2.24, 2.45) is 0 Å². The molecule has 2 amide bonds. The summed E-state index contributed by atoms with van der Waals surface area (Å²) in [5.74, 6) is 0. The van der Waals surface area contributed by atoms with E-state index in [0.717, 1.165) is 31.4 Å². The number of likely N-dealkylation sites (tertiary alicyclic amines) is 1. The van der Waals surface area contributed by atoms with Gasteiger partial charge in [-0.1, -0.05) is 0 Å². The predicted octanol–water partition coefficient (Wildman–Crippen LogP) is 1.50. The monoisotopic (exact) mass is 348 g/mol. The Bertz CT molecular complexity index is 620. The molecule has 0 saturated carbocycles. The molecule has 8 heteroatoms. The van der Waals surface area contributed by atoms with Crippen LogP contribution in [0.25, 0.3) is 0 Å². The highest BCUT2D eigenvalue weighted by atomic mass is 16.7. The second kappa shape index (κ2) is 6.32. The van der Waals surface area contributed by atoms with Crippen LogP contribution in [0.4, 0.5) is 4.79 Å². The van der Waals surface area contributed by atoms with E-state index in [9.17, 15) is 4.79 Å². The largest absolute Gasteiger partial charge is 0.498 e. The minimum Gasteiger partial charge on any atom is -0.399 e. The van der Waals surface area contributed by atoms with Crippen LogP contribution in [0.5, 0.6) is 0 Å². The molecule has 7 nitrogen and oxygen atoms in total. The first-order chi connectivity index (χ1) is 11.6. The van der Waals surface area contributed by atoms with E-state index in [2.05, 4.69) is 32.8 Å². The van der Waals surface area contributed by atoms with Crippen molar-refractivity contribution in [1.29, 1.82) is 0 Å². The third-order valence-corrected chi connectivity index (χ3v) is 5.64. The summed E-state index contributed by atoms with van der Waals surface area (Å²) in [6, 6.07) is 0.388. The van der Waals surface area contributed by atoms with E-state index in [1.165, 1.54) is 0 Å². The number of carbonyl (C=O) groups excluding carboxylic acids is 1. The molecule has 2 saturated heterocycles. The fourth-order valence-electron chi connectivity index (χ4n) is 3.26. The summed E-state index contributed by atoms with van der Waals surface area (Å²) in [7, 11) is 3.20. The van der Waals surface area contributed by atoms with E-state index in [1.54, 1.807) is 19.0 Å². The fourth-order valence-corrected chi connectivity index (χ4v) is 3.26. The third kappa shape index (κ3) is 3.42. The maximum atomic E-state index is 12.0. The molecule has 1 aromatic rings. The van der Waals surface area contributed by atoms with Crippen molar-refractivity contribution in [1.82, 2.24) is 19.6 Å². The molecule has 0 N–H and O–H groups in total. The van der Waals surface area contributed by atoms with Gasteiger partial charge in [-0.05, 0) is 40.5 Å². The number of aromatic nitrogens is 2. The average Bonchev–Trinajstić information content (AvgIpc) is 3.10. The van der Waals surface area contributed by atoms with Gasteiger partial charge in [0, 0.05) is 45.0 Å². The first-order valence-electron chi connectivity index (χ1n) is 8.96. The molecule has 1 aromatic heterocycles. The lowest BCUT2D eigenvalue weighted by atomic mass is 9.82. The standard InChI is InChI=1S/C17H29BN4O3/c1-16(2)17(3,4)25-18(24-16)13-11-19-22(12-13)14-7-9-21(10-8-14)15(23)20(5)6/h11-12,14H,7-10H2,1-6H3. The highest BCUT2D eigenvalue weighted by Crippen LogP contribution is 2.36. The zero-order chi connectivity index (χ0) is 18.4. The van der Waals surface area contributed by atoms with E-state index in [-0.39, 0.29) is 24.4 Å². The number of hydrogen-bond donors (Lipinski definition) is 0. The van der Waals surface area contributed by atoms with Crippen molar-refractivity contribution in [2.45, 2.75) is 57.8 Å². The molecule has 2 aliphatic rings. The lowest BCUT2D eigenvalue weighted by Gasteiger charge is -2.33.